The van der Waals surface area contributed by atoms with Crippen LogP contribution in [0.3, 0.4) is 0 Å². The van der Waals surface area contributed by atoms with Gasteiger partial charge in [0.1, 0.15) is 0 Å². The predicted octanol–water partition coefficient (Wildman–Crippen LogP) is 1.98. The molecule has 6 nitrogen and oxygen atoms in total. The van der Waals surface area contributed by atoms with Crippen molar-refractivity contribution >= 4 is 23.5 Å². The van der Waals surface area contributed by atoms with E-state index in [9.17, 15) is 9.59 Å². The van der Waals surface area contributed by atoms with Gasteiger partial charge < -0.3 is 10.2 Å². The molecule has 2 heterocycles. The molecule has 1 amide bonds. The Balaban J connectivity index is 1.77. The molecular weight excluding hydrogens is 316 g/mol. The molecule has 0 radical (unpaired) electrons. The maximum atomic E-state index is 11.8. The highest BCUT2D eigenvalue weighted by Gasteiger charge is 2.29. The van der Waals surface area contributed by atoms with Crippen LogP contribution in [0.4, 0.5) is 5.95 Å². The number of benzene rings is 1. The molecule has 1 atom stereocenters. The second-order valence-corrected chi connectivity index (χ2v) is 6.05. The molecule has 0 saturated carbocycles. The van der Waals surface area contributed by atoms with Crippen LogP contribution in [0.15, 0.2) is 35.1 Å². The Kier molecular flexibility index (Phi) is 4.34. The van der Waals surface area contributed by atoms with Crippen molar-refractivity contribution in [2.75, 3.05) is 18.9 Å². The number of hydrogen-bond acceptors (Lipinski definition) is 4. The molecular formula is C16H17ClN4O2. The Labute approximate surface area is 138 Å². The Morgan fingerprint density at radius 2 is 2.17 bits per heavy atom. The lowest BCUT2D eigenvalue weighted by Gasteiger charge is -2.12. The number of aromatic nitrogens is 2. The van der Waals surface area contributed by atoms with Crippen LogP contribution in [0.25, 0.3) is 0 Å². The van der Waals surface area contributed by atoms with Crippen molar-refractivity contribution in [3.63, 3.8) is 0 Å². The van der Waals surface area contributed by atoms with Gasteiger partial charge in [-0.25, -0.2) is 4.98 Å². The zero-order valence-electron chi connectivity index (χ0n) is 12.7. The van der Waals surface area contributed by atoms with Crippen LogP contribution in [0.2, 0.25) is 5.02 Å². The summed E-state index contributed by atoms with van der Waals surface area (Å²) < 4.78 is 0. The summed E-state index contributed by atoms with van der Waals surface area (Å²) in [5.41, 5.74) is 1.31. The van der Waals surface area contributed by atoms with Crippen LogP contribution in [0, 0.1) is 0 Å². The van der Waals surface area contributed by atoms with Crippen molar-refractivity contribution in [2.24, 2.45) is 0 Å². The number of likely N-dealkylation sites (N-methyl/N-ethyl adjacent to an activating group) is 1. The molecule has 1 fully saturated rings. The van der Waals surface area contributed by atoms with E-state index in [0.29, 0.717) is 36.2 Å². The van der Waals surface area contributed by atoms with E-state index in [1.165, 1.54) is 6.07 Å². The molecule has 1 unspecified atom stereocenters. The summed E-state index contributed by atoms with van der Waals surface area (Å²) in [7, 11) is 1.76. The highest BCUT2D eigenvalue weighted by molar-refractivity contribution is 6.31. The molecule has 1 saturated heterocycles. The summed E-state index contributed by atoms with van der Waals surface area (Å²) in [5, 5.41) is 3.73. The molecule has 23 heavy (non-hydrogen) atoms. The minimum absolute atomic E-state index is 0.0457. The van der Waals surface area contributed by atoms with Crippen LogP contribution in [0.5, 0.6) is 0 Å². The second-order valence-electron chi connectivity index (χ2n) is 5.64. The molecule has 1 aromatic carbocycles. The van der Waals surface area contributed by atoms with Crippen molar-refractivity contribution in [3.8, 4) is 0 Å². The fourth-order valence-corrected chi connectivity index (χ4v) is 2.85. The number of anilines is 1. The number of halogens is 1. The summed E-state index contributed by atoms with van der Waals surface area (Å²) in [5.74, 6) is 0.410. The standard InChI is InChI=1S/C16H17ClN4O2/c1-21-9-11(6-15(21)23)13-7-14(22)20-16(19-13)18-8-10-4-2-3-5-12(10)17/h2-5,7,11H,6,8-9H2,1H3,(H2,18,19,20,22). The first-order valence-corrected chi connectivity index (χ1v) is 7.73. The second kappa shape index (κ2) is 6.42. The number of carbonyl (C=O) groups excluding carboxylic acids is 1. The van der Waals surface area contributed by atoms with Gasteiger partial charge in [-0.05, 0) is 11.6 Å². The summed E-state index contributed by atoms with van der Waals surface area (Å²) in [6.45, 7) is 1.04. The zero-order chi connectivity index (χ0) is 16.4. The first-order chi connectivity index (χ1) is 11.0. The number of nitrogens with zero attached hydrogens (tertiary/aromatic N) is 2. The van der Waals surface area contributed by atoms with Crippen LogP contribution >= 0.6 is 11.6 Å². The Morgan fingerprint density at radius 1 is 1.39 bits per heavy atom. The van der Waals surface area contributed by atoms with E-state index in [0.717, 1.165) is 5.56 Å². The maximum absolute atomic E-state index is 11.8. The Hall–Kier alpha value is -2.34. The molecule has 1 aromatic heterocycles. The lowest BCUT2D eigenvalue weighted by molar-refractivity contribution is -0.126. The lowest BCUT2D eigenvalue weighted by Crippen LogP contribution is -2.20. The van der Waals surface area contributed by atoms with Gasteiger partial charge in [-0.1, -0.05) is 29.8 Å². The number of hydrogen-bond donors (Lipinski definition) is 2. The first kappa shape index (κ1) is 15.6. The van der Waals surface area contributed by atoms with Crippen molar-refractivity contribution in [1.29, 1.82) is 0 Å². The van der Waals surface area contributed by atoms with Gasteiger partial charge in [0.2, 0.25) is 11.9 Å². The Morgan fingerprint density at radius 3 is 2.87 bits per heavy atom. The van der Waals surface area contributed by atoms with Gasteiger partial charge in [-0.3, -0.25) is 14.6 Å². The Bertz CT molecular complexity index is 790. The third-order valence-electron chi connectivity index (χ3n) is 3.92. The third kappa shape index (κ3) is 3.53. The average Bonchev–Trinajstić information content (AvgIpc) is 2.86. The predicted molar refractivity (Wildman–Crippen MR) is 88.6 cm³/mol. The number of rotatable bonds is 4. The van der Waals surface area contributed by atoms with Gasteiger partial charge in [0, 0.05) is 43.6 Å². The van der Waals surface area contributed by atoms with E-state index in [2.05, 4.69) is 15.3 Å². The van der Waals surface area contributed by atoms with Crippen LogP contribution in [-0.2, 0) is 11.3 Å². The summed E-state index contributed by atoms with van der Waals surface area (Å²) in [6, 6.07) is 8.93. The maximum Gasteiger partial charge on any atom is 0.252 e. The van der Waals surface area contributed by atoms with Gasteiger partial charge in [0.05, 0.1) is 5.69 Å². The highest BCUT2D eigenvalue weighted by Crippen LogP contribution is 2.25. The topological polar surface area (TPSA) is 78.1 Å². The quantitative estimate of drug-likeness (QED) is 0.897. The number of nitrogens with one attached hydrogen (secondary N) is 2. The number of carbonyl (C=O) groups is 1. The molecule has 2 N–H and O–H groups in total. The monoisotopic (exact) mass is 332 g/mol. The molecule has 7 heteroatoms. The van der Waals surface area contributed by atoms with Crippen molar-refractivity contribution in [1.82, 2.24) is 14.9 Å². The number of amides is 1. The van der Waals surface area contributed by atoms with E-state index in [1.807, 2.05) is 24.3 Å². The van der Waals surface area contributed by atoms with E-state index >= 15 is 0 Å². The molecule has 3 rings (SSSR count). The third-order valence-corrected chi connectivity index (χ3v) is 4.29. The van der Waals surface area contributed by atoms with Crippen LogP contribution in [-0.4, -0.2) is 34.4 Å². The highest BCUT2D eigenvalue weighted by atomic mass is 35.5. The van der Waals surface area contributed by atoms with E-state index in [4.69, 9.17) is 11.6 Å². The van der Waals surface area contributed by atoms with Gasteiger partial charge in [-0.2, -0.15) is 0 Å². The van der Waals surface area contributed by atoms with Crippen molar-refractivity contribution in [3.05, 3.63) is 57.0 Å². The van der Waals surface area contributed by atoms with Crippen LogP contribution < -0.4 is 10.9 Å². The molecule has 120 valence electrons. The van der Waals surface area contributed by atoms with Crippen LogP contribution in [0.1, 0.15) is 23.6 Å². The number of aromatic amines is 1. The molecule has 1 aliphatic rings. The fraction of sp³-hybridized carbons (Fsp3) is 0.312. The molecule has 0 aliphatic carbocycles. The average molecular weight is 333 g/mol. The lowest BCUT2D eigenvalue weighted by atomic mass is 10.0. The first-order valence-electron chi connectivity index (χ1n) is 7.35. The number of H-pyrrole nitrogens is 1. The summed E-state index contributed by atoms with van der Waals surface area (Å²) >= 11 is 6.11. The van der Waals surface area contributed by atoms with Gasteiger partial charge in [-0.15, -0.1) is 0 Å². The zero-order valence-corrected chi connectivity index (χ0v) is 13.4. The summed E-state index contributed by atoms with van der Waals surface area (Å²) in [4.78, 5) is 32.3. The van der Waals surface area contributed by atoms with Gasteiger partial charge in [0.15, 0.2) is 0 Å². The van der Waals surface area contributed by atoms with Crippen molar-refractivity contribution < 1.29 is 4.79 Å². The fourth-order valence-electron chi connectivity index (χ4n) is 2.65. The van der Waals surface area contributed by atoms with Gasteiger partial charge in [0.25, 0.3) is 5.56 Å². The van der Waals surface area contributed by atoms with E-state index < -0.39 is 0 Å². The number of likely N-dealkylation sites (tertiary alicyclic amines) is 1. The normalized spacial score (nSPS) is 17.6. The smallest absolute Gasteiger partial charge is 0.252 e. The minimum atomic E-state index is -0.237. The van der Waals surface area contributed by atoms with E-state index in [-0.39, 0.29) is 17.4 Å². The molecule has 0 bridgehead atoms. The summed E-state index contributed by atoms with van der Waals surface area (Å²) in [6.07, 6.45) is 0.386. The SMILES string of the molecule is CN1CC(c2cc(=O)[nH]c(NCc3ccccc3Cl)n2)CC1=O. The van der Waals surface area contributed by atoms with Crippen molar-refractivity contribution in [2.45, 2.75) is 18.9 Å². The van der Waals surface area contributed by atoms with Gasteiger partial charge >= 0.3 is 0 Å². The minimum Gasteiger partial charge on any atom is -0.352 e. The molecule has 1 aliphatic heterocycles. The molecule has 0 spiro atoms. The molecule has 2 aromatic rings. The van der Waals surface area contributed by atoms with E-state index in [1.54, 1.807) is 11.9 Å². The largest absolute Gasteiger partial charge is 0.352 e.